The predicted octanol–water partition coefficient (Wildman–Crippen LogP) is 4.14. The molecule has 2 nitrogen and oxygen atoms in total. The molecule has 3 heteroatoms. The summed E-state index contributed by atoms with van der Waals surface area (Å²) in [6.45, 7) is 6.42. The van der Waals surface area contributed by atoms with Crippen molar-refractivity contribution in [1.29, 1.82) is 0 Å². The Hall–Kier alpha value is -0.730. The zero-order valence-electron chi connectivity index (χ0n) is 12.0. The van der Waals surface area contributed by atoms with E-state index in [9.17, 15) is 0 Å². The quantitative estimate of drug-likeness (QED) is 0.877. The van der Waals surface area contributed by atoms with Crippen LogP contribution in [0.15, 0.2) is 24.3 Å². The van der Waals surface area contributed by atoms with Crippen molar-refractivity contribution in [2.75, 3.05) is 13.2 Å². The second kappa shape index (κ2) is 8.44. The maximum Gasteiger partial charge on any atom is 0.119 e. The third-order valence-electron chi connectivity index (χ3n) is 3.69. The van der Waals surface area contributed by atoms with Crippen molar-refractivity contribution in [2.45, 2.75) is 51.5 Å². The Balaban J connectivity index is 0.00000180. The number of halogens is 1. The maximum absolute atomic E-state index is 5.80. The fourth-order valence-electron chi connectivity index (χ4n) is 2.44. The molecular weight excluding hydrogens is 258 g/mol. The fraction of sp³-hybridized carbons (Fsp3) is 0.625. The summed E-state index contributed by atoms with van der Waals surface area (Å²) >= 11 is 0. The Bertz CT molecular complexity index is 344. The lowest BCUT2D eigenvalue weighted by molar-refractivity contribution is 0.268. The highest BCUT2D eigenvalue weighted by Crippen LogP contribution is 2.19. The molecule has 0 amide bonds. The van der Waals surface area contributed by atoms with Crippen molar-refractivity contribution >= 4 is 12.4 Å². The largest absolute Gasteiger partial charge is 0.494 e. The minimum atomic E-state index is 0. The van der Waals surface area contributed by atoms with E-state index in [1.807, 2.05) is 0 Å². The van der Waals surface area contributed by atoms with Crippen LogP contribution in [-0.2, 0) is 0 Å². The summed E-state index contributed by atoms with van der Waals surface area (Å²) in [7, 11) is 0. The zero-order chi connectivity index (χ0) is 12.8. The average Bonchev–Trinajstić information content (AvgIpc) is 2.40. The summed E-state index contributed by atoms with van der Waals surface area (Å²) in [6, 6.07) is 9.17. The summed E-state index contributed by atoms with van der Waals surface area (Å²) < 4.78 is 5.80. The lowest BCUT2D eigenvalue weighted by Gasteiger charge is -2.23. The zero-order valence-corrected chi connectivity index (χ0v) is 12.8. The highest BCUT2D eigenvalue weighted by atomic mass is 35.5. The molecule has 1 atom stereocenters. The summed E-state index contributed by atoms with van der Waals surface area (Å²) in [6.07, 6.45) is 5.11. The first-order valence-electron chi connectivity index (χ1n) is 7.22. The van der Waals surface area contributed by atoms with Gasteiger partial charge in [-0.15, -0.1) is 12.4 Å². The van der Waals surface area contributed by atoms with Crippen molar-refractivity contribution in [1.82, 2.24) is 5.32 Å². The van der Waals surface area contributed by atoms with Gasteiger partial charge in [-0.25, -0.2) is 0 Å². The summed E-state index contributed by atoms with van der Waals surface area (Å²) in [5, 5.41) is 3.55. The van der Waals surface area contributed by atoms with E-state index in [4.69, 9.17) is 4.74 Å². The van der Waals surface area contributed by atoms with Gasteiger partial charge in [-0.3, -0.25) is 0 Å². The first kappa shape index (κ1) is 16.3. The Morgan fingerprint density at radius 2 is 1.95 bits per heavy atom. The van der Waals surface area contributed by atoms with Gasteiger partial charge in [0.2, 0.25) is 0 Å². The van der Waals surface area contributed by atoms with E-state index < -0.39 is 0 Å². The molecule has 1 aliphatic rings. The van der Waals surface area contributed by atoms with Gasteiger partial charge in [0.25, 0.3) is 0 Å². The van der Waals surface area contributed by atoms with Gasteiger partial charge in [-0.2, -0.15) is 0 Å². The van der Waals surface area contributed by atoms with E-state index in [0.717, 1.165) is 18.8 Å². The molecule has 2 rings (SSSR count). The monoisotopic (exact) mass is 283 g/mol. The minimum Gasteiger partial charge on any atom is -0.494 e. The van der Waals surface area contributed by atoms with Crippen LogP contribution in [0.3, 0.4) is 0 Å². The minimum absolute atomic E-state index is 0. The summed E-state index contributed by atoms with van der Waals surface area (Å²) in [5.74, 6) is 1.58. The molecular formula is C16H26ClNO. The molecule has 1 saturated heterocycles. The number of rotatable bonds is 5. The van der Waals surface area contributed by atoms with E-state index in [-0.39, 0.29) is 12.4 Å². The van der Waals surface area contributed by atoms with Gasteiger partial charge in [0.05, 0.1) is 6.61 Å². The van der Waals surface area contributed by atoms with Gasteiger partial charge in [-0.05, 0) is 49.4 Å². The molecule has 108 valence electrons. The third kappa shape index (κ3) is 5.42. The number of benzene rings is 1. The molecule has 1 unspecified atom stereocenters. The van der Waals surface area contributed by atoms with Crippen LogP contribution in [0.25, 0.3) is 0 Å². The Morgan fingerprint density at radius 3 is 2.53 bits per heavy atom. The fourth-order valence-corrected chi connectivity index (χ4v) is 2.44. The van der Waals surface area contributed by atoms with Gasteiger partial charge in [-0.1, -0.05) is 32.4 Å². The van der Waals surface area contributed by atoms with Gasteiger partial charge >= 0.3 is 0 Å². The second-order valence-electron chi connectivity index (χ2n) is 5.51. The van der Waals surface area contributed by atoms with Crippen LogP contribution in [0.4, 0.5) is 0 Å². The second-order valence-corrected chi connectivity index (χ2v) is 5.51. The highest BCUT2D eigenvalue weighted by molar-refractivity contribution is 5.85. The molecule has 0 radical (unpaired) electrons. The standard InChI is InChI=1S/C16H25NO.ClH/c1-13(2)14-6-8-16(9-7-14)18-12-10-15-5-3-4-11-17-15;/h6-9,13,15,17H,3-5,10-12H2,1-2H3;1H. The Morgan fingerprint density at radius 1 is 1.21 bits per heavy atom. The molecule has 0 spiro atoms. The molecule has 0 saturated carbocycles. The number of hydrogen-bond acceptors (Lipinski definition) is 2. The number of nitrogens with one attached hydrogen (secondary N) is 1. The molecule has 1 aromatic carbocycles. The van der Waals surface area contributed by atoms with Crippen LogP contribution < -0.4 is 10.1 Å². The molecule has 0 aliphatic carbocycles. The number of ether oxygens (including phenoxy) is 1. The van der Waals surface area contributed by atoms with E-state index in [0.29, 0.717) is 12.0 Å². The smallest absolute Gasteiger partial charge is 0.119 e. The van der Waals surface area contributed by atoms with E-state index in [2.05, 4.69) is 43.4 Å². The topological polar surface area (TPSA) is 21.3 Å². The van der Waals surface area contributed by atoms with Crippen LogP contribution >= 0.6 is 12.4 Å². The van der Waals surface area contributed by atoms with Crippen molar-refractivity contribution < 1.29 is 4.74 Å². The van der Waals surface area contributed by atoms with Gasteiger partial charge in [0.1, 0.15) is 5.75 Å². The Labute approximate surface area is 123 Å². The first-order chi connectivity index (χ1) is 8.75. The lowest BCUT2D eigenvalue weighted by Crippen LogP contribution is -2.35. The van der Waals surface area contributed by atoms with E-state index >= 15 is 0 Å². The van der Waals surface area contributed by atoms with Gasteiger partial charge in [0, 0.05) is 6.04 Å². The summed E-state index contributed by atoms with van der Waals surface area (Å²) in [5.41, 5.74) is 1.37. The van der Waals surface area contributed by atoms with Crippen molar-refractivity contribution in [3.8, 4) is 5.75 Å². The molecule has 19 heavy (non-hydrogen) atoms. The van der Waals surface area contributed by atoms with Crippen LogP contribution in [0.2, 0.25) is 0 Å². The normalized spacial score (nSPS) is 19.0. The van der Waals surface area contributed by atoms with Gasteiger partial charge < -0.3 is 10.1 Å². The highest BCUT2D eigenvalue weighted by Gasteiger charge is 2.11. The number of piperidine rings is 1. The predicted molar refractivity (Wildman–Crippen MR) is 83.5 cm³/mol. The Kier molecular flexibility index (Phi) is 7.25. The van der Waals surface area contributed by atoms with Crippen LogP contribution in [0, 0.1) is 0 Å². The van der Waals surface area contributed by atoms with Crippen molar-refractivity contribution in [3.63, 3.8) is 0 Å². The molecule has 0 aromatic heterocycles. The molecule has 1 aliphatic heterocycles. The van der Waals surface area contributed by atoms with Crippen molar-refractivity contribution in [3.05, 3.63) is 29.8 Å². The molecule has 0 bridgehead atoms. The van der Waals surface area contributed by atoms with Gasteiger partial charge in [0.15, 0.2) is 0 Å². The molecule has 1 heterocycles. The maximum atomic E-state index is 5.80. The van der Waals surface area contributed by atoms with Crippen LogP contribution in [0.1, 0.15) is 51.0 Å². The average molecular weight is 284 g/mol. The van der Waals surface area contributed by atoms with E-state index in [1.54, 1.807) is 0 Å². The summed E-state index contributed by atoms with van der Waals surface area (Å²) in [4.78, 5) is 0. The third-order valence-corrected chi connectivity index (χ3v) is 3.69. The van der Waals surface area contributed by atoms with Crippen molar-refractivity contribution in [2.24, 2.45) is 0 Å². The molecule has 1 fully saturated rings. The first-order valence-corrected chi connectivity index (χ1v) is 7.22. The molecule has 1 N–H and O–H groups in total. The molecule has 1 aromatic rings. The number of hydrogen-bond donors (Lipinski definition) is 1. The van der Waals surface area contributed by atoms with Crippen LogP contribution in [-0.4, -0.2) is 19.2 Å². The van der Waals surface area contributed by atoms with Crippen LogP contribution in [0.5, 0.6) is 5.75 Å². The van der Waals surface area contributed by atoms with E-state index in [1.165, 1.54) is 31.4 Å². The SMILES string of the molecule is CC(C)c1ccc(OCCC2CCCCN2)cc1.Cl. The lowest BCUT2D eigenvalue weighted by atomic mass is 10.0.